The molecule has 2 aromatic carbocycles. The predicted octanol–water partition coefficient (Wildman–Crippen LogP) is 3.71. The van der Waals surface area contributed by atoms with Crippen LogP contribution in [0.4, 0.5) is 0 Å². The maximum absolute atomic E-state index is 13.5. The van der Waals surface area contributed by atoms with E-state index in [0.717, 1.165) is 31.6 Å². The number of nitrogens with one attached hydrogen (secondary N) is 1. The second-order valence-electron chi connectivity index (χ2n) is 7.81. The van der Waals surface area contributed by atoms with Crippen LogP contribution in [-0.4, -0.2) is 30.5 Å². The number of amides is 1. The summed E-state index contributed by atoms with van der Waals surface area (Å²) in [6.45, 7) is 3.75. The lowest BCUT2D eigenvalue weighted by atomic mass is 9.86. The van der Waals surface area contributed by atoms with Crippen molar-refractivity contribution in [2.24, 2.45) is 5.92 Å². The third kappa shape index (κ3) is 3.72. The van der Waals surface area contributed by atoms with Crippen molar-refractivity contribution in [3.05, 3.63) is 65.2 Å². The molecule has 1 saturated heterocycles. The standard InChI is InChI=1S/C23H28N2O2/c1-16-12-19(10-11-24-16)23(26)25-15-20-13-21(27-2)9-8-18(20)14-22(25)17-6-4-3-5-7-17/h3-9,13,16,19,22,24H,10-12,14-15H2,1-2H3/t16-,19-,22?/m0/s1. The second kappa shape index (κ2) is 7.73. The first kappa shape index (κ1) is 18.1. The Morgan fingerprint density at radius 1 is 1.15 bits per heavy atom. The highest BCUT2D eigenvalue weighted by molar-refractivity contribution is 5.80. The van der Waals surface area contributed by atoms with Crippen LogP contribution in [-0.2, 0) is 17.8 Å². The zero-order valence-electron chi connectivity index (χ0n) is 16.2. The molecule has 3 atom stereocenters. The van der Waals surface area contributed by atoms with E-state index in [9.17, 15) is 4.79 Å². The molecular weight excluding hydrogens is 336 g/mol. The highest BCUT2D eigenvalue weighted by Crippen LogP contribution is 2.36. The van der Waals surface area contributed by atoms with E-state index in [0.29, 0.717) is 18.5 Å². The molecule has 27 heavy (non-hydrogen) atoms. The number of piperidine rings is 1. The van der Waals surface area contributed by atoms with E-state index in [1.165, 1.54) is 16.7 Å². The zero-order valence-corrected chi connectivity index (χ0v) is 16.2. The van der Waals surface area contributed by atoms with Crippen molar-refractivity contribution in [1.82, 2.24) is 10.2 Å². The molecule has 1 fully saturated rings. The molecule has 1 unspecified atom stereocenters. The quantitative estimate of drug-likeness (QED) is 0.903. The minimum absolute atomic E-state index is 0.102. The number of carbonyl (C=O) groups is 1. The fourth-order valence-corrected chi connectivity index (χ4v) is 4.48. The molecule has 0 saturated carbocycles. The van der Waals surface area contributed by atoms with Crippen LogP contribution in [0, 0.1) is 5.92 Å². The summed E-state index contributed by atoms with van der Waals surface area (Å²) in [6.07, 6.45) is 2.70. The van der Waals surface area contributed by atoms with Crippen molar-refractivity contribution < 1.29 is 9.53 Å². The Bertz CT molecular complexity index is 805. The smallest absolute Gasteiger partial charge is 0.226 e. The molecule has 0 aliphatic carbocycles. The van der Waals surface area contributed by atoms with Crippen molar-refractivity contribution in [3.63, 3.8) is 0 Å². The van der Waals surface area contributed by atoms with Gasteiger partial charge >= 0.3 is 0 Å². The third-order valence-corrected chi connectivity index (χ3v) is 5.98. The lowest BCUT2D eigenvalue weighted by Crippen LogP contribution is -2.46. The maximum Gasteiger partial charge on any atom is 0.226 e. The topological polar surface area (TPSA) is 41.6 Å². The third-order valence-electron chi connectivity index (χ3n) is 5.98. The van der Waals surface area contributed by atoms with Crippen molar-refractivity contribution in [1.29, 1.82) is 0 Å². The van der Waals surface area contributed by atoms with Crippen molar-refractivity contribution in [3.8, 4) is 5.75 Å². The van der Waals surface area contributed by atoms with Crippen LogP contribution in [0.15, 0.2) is 48.5 Å². The number of rotatable bonds is 3. The van der Waals surface area contributed by atoms with Gasteiger partial charge in [-0.1, -0.05) is 36.4 Å². The van der Waals surface area contributed by atoms with Gasteiger partial charge in [0.2, 0.25) is 5.91 Å². The van der Waals surface area contributed by atoms with Crippen LogP contribution in [0.25, 0.3) is 0 Å². The average Bonchev–Trinajstić information content (AvgIpc) is 2.72. The van der Waals surface area contributed by atoms with Gasteiger partial charge in [-0.15, -0.1) is 0 Å². The Hall–Kier alpha value is -2.33. The van der Waals surface area contributed by atoms with Gasteiger partial charge in [0.25, 0.3) is 0 Å². The van der Waals surface area contributed by atoms with Crippen LogP contribution in [0.5, 0.6) is 5.75 Å². The molecule has 2 aliphatic rings. The first-order chi connectivity index (χ1) is 13.2. The van der Waals surface area contributed by atoms with Crippen LogP contribution in [0.2, 0.25) is 0 Å². The summed E-state index contributed by atoms with van der Waals surface area (Å²) in [7, 11) is 1.69. The van der Waals surface area contributed by atoms with Gasteiger partial charge in [0, 0.05) is 18.5 Å². The van der Waals surface area contributed by atoms with Crippen molar-refractivity contribution >= 4 is 5.91 Å². The Kier molecular flexibility index (Phi) is 5.17. The van der Waals surface area contributed by atoms with Crippen LogP contribution in [0.3, 0.4) is 0 Å². The number of fused-ring (bicyclic) bond motifs is 1. The largest absolute Gasteiger partial charge is 0.497 e. The Balaban J connectivity index is 1.67. The van der Waals surface area contributed by atoms with Gasteiger partial charge in [-0.25, -0.2) is 0 Å². The molecule has 4 rings (SSSR count). The fraction of sp³-hybridized carbons (Fsp3) is 0.435. The molecule has 0 aromatic heterocycles. The maximum atomic E-state index is 13.5. The molecule has 1 amide bonds. The number of carbonyl (C=O) groups excluding carboxylic acids is 1. The summed E-state index contributed by atoms with van der Waals surface area (Å²) < 4.78 is 5.41. The first-order valence-corrected chi connectivity index (χ1v) is 9.90. The van der Waals surface area contributed by atoms with Gasteiger partial charge in [-0.2, -0.15) is 0 Å². The molecule has 4 nitrogen and oxygen atoms in total. The molecule has 1 N–H and O–H groups in total. The van der Waals surface area contributed by atoms with E-state index in [-0.39, 0.29) is 12.0 Å². The summed E-state index contributed by atoms with van der Waals surface area (Å²) in [4.78, 5) is 15.6. The lowest BCUT2D eigenvalue weighted by Gasteiger charge is -2.40. The van der Waals surface area contributed by atoms with Gasteiger partial charge in [-0.3, -0.25) is 4.79 Å². The Morgan fingerprint density at radius 2 is 1.96 bits per heavy atom. The summed E-state index contributed by atoms with van der Waals surface area (Å²) >= 11 is 0. The number of benzene rings is 2. The minimum atomic E-state index is 0.102. The summed E-state index contributed by atoms with van der Waals surface area (Å²) in [5.41, 5.74) is 3.73. The van der Waals surface area contributed by atoms with E-state index in [1.54, 1.807) is 7.11 Å². The number of ether oxygens (including phenoxy) is 1. The molecule has 2 aliphatic heterocycles. The summed E-state index contributed by atoms with van der Waals surface area (Å²) in [5, 5.41) is 3.46. The Labute approximate surface area is 161 Å². The second-order valence-corrected chi connectivity index (χ2v) is 7.81. The van der Waals surface area contributed by atoms with E-state index >= 15 is 0 Å². The molecule has 2 heterocycles. The highest BCUT2D eigenvalue weighted by atomic mass is 16.5. The van der Waals surface area contributed by atoms with E-state index in [4.69, 9.17) is 4.74 Å². The van der Waals surface area contributed by atoms with Crippen LogP contribution in [0.1, 0.15) is 42.5 Å². The SMILES string of the molecule is COc1ccc2c(c1)CN(C(=O)[C@H]1CCN[C@@H](C)C1)C(c1ccccc1)C2. The average molecular weight is 364 g/mol. The monoisotopic (exact) mass is 364 g/mol. The number of nitrogens with zero attached hydrogens (tertiary/aromatic N) is 1. The fourth-order valence-electron chi connectivity index (χ4n) is 4.48. The van der Waals surface area contributed by atoms with Gasteiger partial charge in [0.05, 0.1) is 13.2 Å². The molecule has 4 heteroatoms. The van der Waals surface area contributed by atoms with Gasteiger partial charge in [0.1, 0.15) is 5.75 Å². The predicted molar refractivity (Wildman–Crippen MR) is 107 cm³/mol. The van der Waals surface area contributed by atoms with Gasteiger partial charge in [0.15, 0.2) is 0 Å². The summed E-state index contributed by atoms with van der Waals surface area (Å²) in [5.74, 6) is 1.26. The molecule has 2 aromatic rings. The minimum Gasteiger partial charge on any atom is -0.497 e. The number of hydrogen-bond acceptors (Lipinski definition) is 3. The van der Waals surface area contributed by atoms with Gasteiger partial charge < -0.3 is 15.0 Å². The normalized spacial score (nSPS) is 25.0. The van der Waals surface area contributed by atoms with Crippen LogP contribution < -0.4 is 10.1 Å². The number of hydrogen-bond donors (Lipinski definition) is 1. The highest BCUT2D eigenvalue weighted by Gasteiger charge is 2.35. The first-order valence-electron chi connectivity index (χ1n) is 9.90. The Morgan fingerprint density at radius 3 is 2.70 bits per heavy atom. The van der Waals surface area contributed by atoms with Crippen molar-refractivity contribution in [2.75, 3.05) is 13.7 Å². The van der Waals surface area contributed by atoms with Gasteiger partial charge in [-0.05, 0) is 61.6 Å². The molecule has 0 bridgehead atoms. The lowest BCUT2D eigenvalue weighted by molar-refractivity contribution is -0.140. The van der Waals surface area contributed by atoms with E-state index in [1.807, 2.05) is 12.1 Å². The van der Waals surface area contributed by atoms with E-state index < -0.39 is 0 Å². The molecular formula is C23H28N2O2. The molecule has 0 radical (unpaired) electrons. The zero-order chi connectivity index (χ0) is 18.8. The van der Waals surface area contributed by atoms with E-state index in [2.05, 4.69) is 53.5 Å². The summed E-state index contributed by atoms with van der Waals surface area (Å²) in [6, 6.07) is 17.2. The number of methoxy groups -OCH3 is 1. The van der Waals surface area contributed by atoms with Crippen LogP contribution >= 0.6 is 0 Å². The molecule has 0 spiro atoms. The van der Waals surface area contributed by atoms with Crippen molar-refractivity contribution in [2.45, 2.75) is 44.8 Å². The molecule has 142 valence electrons.